The number of esters is 1. The molecule has 0 bridgehead atoms. The van der Waals surface area contributed by atoms with Gasteiger partial charge in [0.25, 0.3) is 0 Å². The van der Waals surface area contributed by atoms with Gasteiger partial charge in [-0.25, -0.2) is 0 Å². The highest BCUT2D eigenvalue weighted by Crippen LogP contribution is 2.76. The first-order valence-corrected chi connectivity index (χ1v) is 17.4. The van der Waals surface area contributed by atoms with Crippen molar-refractivity contribution in [2.45, 2.75) is 158 Å². The van der Waals surface area contributed by atoms with E-state index in [0.717, 1.165) is 57.8 Å². The summed E-state index contributed by atoms with van der Waals surface area (Å²) in [7, 11) is 0. The summed E-state index contributed by atoms with van der Waals surface area (Å²) in [5, 5.41) is 0. The Kier molecular flexibility index (Phi) is 8.05. The Hall–Kier alpha value is -1.45. The van der Waals surface area contributed by atoms with Crippen molar-refractivity contribution in [1.29, 1.82) is 0 Å². The molecule has 4 heteroatoms. The Morgan fingerprint density at radius 2 is 1.52 bits per heavy atom. The molecule has 0 aromatic heterocycles. The highest BCUT2D eigenvalue weighted by Gasteiger charge is 2.69. The van der Waals surface area contributed by atoms with Gasteiger partial charge in [-0.3, -0.25) is 9.59 Å². The number of carbonyl (C=O) groups excluding carboxylic acids is 3. The largest absolute Gasteiger partial charge is 0.462 e. The quantitative estimate of drug-likeness (QED) is 0.222. The van der Waals surface area contributed by atoms with E-state index >= 15 is 0 Å². The van der Waals surface area contributed by atoms with Crippen LogP contribution in [0.4, 0.5) is 0 Å². The number of ether oxygens (including phenoxy) is 1. The Balaban J connectivity index is 1.49. The lowest BCUT2D eigenvalue weighted by atomic mass is 9.33. The molecule has 8 atom stereocenters. The van der Waals surface area contributed by atoms with Crippen LogP contribution < -0.4 is 0 Å². The van der Waals surface area contributed by atoms with Gasteiger partial charge in [0.05, 0.1) is 0 Å². The molecule has 0 amide bonds. The lowest BCUT2D eigenvalue weighted by molar-refractivity contribution is -0.212. The first-order valence-electron chi connectivity index (χ1n) is 17.4. The van der Waals surface area contributed by atoms with Crippen molar-refractivity contribution in [1.82, 2.24) is 0 Å². The van der Waals surface area contributed by atoms with Crippen molar-refractivity contribution in [2.24, 2.45) is 50.2 Å². The standard InChI is InChI=1S/C38H60O4/c1-10-11-32(41)42-31-17-18-35(7)28(34(31,5)6)16-19-37(9)29(35)14-13-26-27-24-33(3,4)20-22-38(27,23-21-36(26,37)8)30(40)15-12-25(2)39/h13,27-29,31H,10-12,14-24H2,1-9H3/t27?,28?,29?,31-,35+,36-,37-,38+/m1/s1. The predicted molar refractivity (Wildman–Crippen MR) is 169 cm³/mol. The van der Waals surface area contributed by atoms with Gasteiger partial charge in [-0.05, 0) is 117 Å². The van der Waals surface area contributed by atoms with Crippen molar-refractivity contribution in [3.8, 4) is 0 Å². The molecule has 42 heavy (non-hydrogen) atoms. The third kappa shape index (κ3) is 4.70. The van der Waals surface area contributed by atoms with E-state index in [0.29, 0.717) is 42.8 Å². The number of fused-ring (bicyclic) bond motifs is 7. The fraction of sp³-hybridized carbons (Fsp3) is 0.868. The molecule has 5 aliphatic rings. The van der Waals surface area contributed by atoms with Crippen LogP contribution in [0.2, 0.25) is 0 Å². The Morgan fingerprint density at radius 3 is 2.19 bits per heavy atom. The fourth-order valence-electron chi connectivity index (χ4n) is 11.9. The molecule has 0 spiro atoms. The van der Waals surface area contributed by atoms with Crippen LogP contribution >= 0.6 is 0 Å². The van der Waals surface area contributed by atoms with Crippen molar-refractivity contribution >= 4 is 17.5 Å². The number of allylic oxidation sites excluding steroid dienone is 2. The molecule has 0 aromatic rings. The SMILES string of the molecule is CCCC(=O)O[C@@H]1CC[C@@]2(C)C(CC[C@]3(C)C2CC=C2C4CC(C)(C)CC[C@]4(C(=O)CCC(C)=O)CC[C@]23C)C1(C)C. The van der Waals surface area contributed by atoms with Gasteiger partial charge >= 0.3 is 5.97 Å². The summed E-state index contributed by atoms with van der Waals surface area (Å²) in [4.78, 5) is 38.5. The zero-order valence-corrected chi connectivity index (χ0v) is 28.4. The van der Waals surface area contributed by atoms with Crippen molar-refractivity contribution < 1.29 is 19.1 Å². The fourth-order valence-corrected chi connectivity index (χ4v) is 11.9. The Labute approximate surface area is 256 Å². The normalized spacial score (nSPS) is 43.5. The molecule has 0 heterocycles. The maximum absolute atomic E-state index is 14.1. The molecular weight excluding hydrogens is 520 g/mol. The topological polar surface area (TPSA) is 60.4 Å². The van der Waals surface area contributed by atoms with Gasteiger partial charge in [-0.2, -0.15) is 0 Å². The summed E-state index contributed by atoms with van der Waals surface area (Å²) in [5.74, 6) is 1.87. The van der Waals surface area contributed by atoms with E-state index in [-0.39, 0.29) is 50.3 Å². The number of carbonyl (C=O) groups is 3. The number of hydrogen-bond donors (Lipinski definition) is 0. The third-order valence-corrected chi connectivity index (χ3v) is 14.6. The zero-order chi connectivity index (χ0) is 30.9. The van der Waals surface area contributed by atoms with E-state index in [4.69, 9.17) is 4.74 Å². The smallest absolute Gasteiger partial charge is 0.306 e. The summed E-state index contributed by atoms with van der Waals surface area (Å²) < 4.78 is 6.15. The second kappa shape index (κ2) is 10.6. The molecule has 5 aliphatic carbocycles. The van der Waals surface area contributed by atoms with Crippen molar-refractivity contribution in [3.63, 3.8) is 0 Å². The molecule has 0 saturated heterocycles. The van der Waals surface area contributed by atoms with Gasteiger partial charge < -0.3 is 9.53 Å². The number of hydrogen-bond acceptors (Lipinski definition) is 4. The molecule has 0 aliphatic heterocycles. The van der Waals surface area contributed by atoms with Crippen LogP contribution in [0.25, 0.3) is 0 Å². The van der Waals surface area contributed by atoms with Crippen molar-refractivity contribution in [3.05, 3.63) is 11.6 Å². The molecule has 4 nitrogen and oxygen atoms in total. The molecule has 4 fully saturated rings. The van der Waals surface area contributed by atoms with Crippen LogP contribution in [0.15, 0.2) is 11.6 Å². The van der Waals surface area contributed by atoms with Crippen molar-refractivity contribution in [2.75, 3.05) is 0 Å². The molecule has 3 unspecified atom stereocenters. The maximum Gasteiger partial charge on any atom is 0.306 e. The van der Waals surface area contributed by atoms with Crippen LogP contribution in [-0.2, 0) is 19.1 Å². The maximum atomic E-state index is 14.1. The van der Waals surface area contributed by atoms with E-state index in [2.05, 4.69) is 54.5 Å². The van der Waals surface area contributed by atoms with Crippen LogP contribution in [0.1, 0.15) is 152 Å². The first-order chi connectivity index (χ1) is 19.5. The van der Waals surface area contributed by atoms with Crippen LogP contribution in [-0.4, -0.2) is 23.6 Å². The highest BCUT2D eigenvalue weighted by molar-refractivity contribution is 5.89. The van der Waals surface area contributed by atoms with Gasteiger partial charge in [0.2, 0.25) is 0 Å². The Morgan fingerprint density at radius 1 is 0.833 bits per heavy atom. The average molecular weight is 581 g/mol. The van der Waals surface area contributed by atoms with Gasteiger partial charge in [-0.1, -0.05) is 67.0 Å². The number of rotatable bonds is 7. The van der Waals surface area contributed by atoms with Gasteiger partial charge in [-0.15, -0.1) is 0 Å². The van der Waals surface area contributed by atoms with E-state index in [1.807, 2.05) is 6.92 Å². The minimum Gasteiger partial charge on any atom is -0.462 e. The summed E-state index contributed by atoms with van der Waals surface area (Å²) in [6, 6.07) is 0. The predicted octanol–water partition coefficient (Wildman–Crippen LogP) is 9.44. The molecule has 0 aromatic carbocycles. The lowest BCUT2D eigenvalue weighted by Crippen LogP contribution is -2.65. The minimum absolute atomic E-state index is 0.00467. The number of Topliss-reactive ketones (excluding diaryl/α,β-unsaturated/α-hetero) is 2. The van der Waals surface area contributed by atoms with E-state index < -0.39 is 0 Å². The molecule has 4 saturated carbocycles. The van der Waals surface area contributed by atoms with Gasteiger partial charge in [0.1, 0.15) is 17.7 Å². The van der Waals surface area contributed by atoms with E-state index in [1.54, 1.807) is 12.5 Å². The summed E-state index contributed by atoms with van der Waals surface area (Å²) in [5.41, 5.74) is 1.96. The van der Waals surface area contributed by atoms with Crippen LogP contribution in [0, 0.1) is 50.2 Å². The third-order valence-electron chi connectivity index (χ3n) is 14.6. The molecular formula is C38H60O4. The summed E-state index contributed by atoms with van der Waals surface area (Å²) in [6.07, 6.45) is 15.5. The summed E-state index contributed by atoms with van der Waals surface area (Å²) in [6.45, 7) is 21.0. The van der Waals surface area contributed by atoms with E-state index in [9.17, 15) is 14.4 Å². The van der Waals surface area contributed by atoms with Crippen LogP contribution in [0.5, 0.6) is 0 Å². The first kappa shape index (κ1) is 32.0. The minimum atomic E-state index is -0.289. The second-order valence-electron chi connectivity index (χ2n) is 17.6. The number of ketones is 2. The monoisotopic (exact) mass is 580 g/mol. The second-order valence-corrected chi connectivity index (χ2v) is 17.6. The molecule has 236 valence electrons. The molecule has 0 N–H and O–H groups in total. The van der Waals surface area contributed by atoms with Gasteiger partial charge in [0.15, 0.2) is 0 Å². The molecule has 5 rings (SSSR count). The Bertz CT molecular complexity index is 1150. The van der Waals surface area contributed by atoms with Gasteiger partial charge in [0, 0.05) is 30.1 Å². The highest BCUT2D eigenvalue weighted by atomic mass is 16.5. The zero-order valence-electron chi connectivity index (χ0n) is 28.4. The summed E-state index contributed by atoms with van der Waals surface area (Å²) >= 11 is 0. The molecule has 0 radical (unpaired) electrons. The average Bonchev–Trinajstić information content (AvgIpc) is 2.89. The van der Waals surface area contributed by atoms with E-state index in [1.165, 1.54) is 12.8 Å². The lowest BCUT2D eigenvalue weighted by Gasteiger charge is -2.71. The van der Waals surface area contributed by atoms with Crippen LogP contribution in [0.3, 0.4) is 0 Å².